The van der Waals surface area contributed by atoms with Crippen LogP contribution < -0.4 is 0 Å². The molecule has 0 heterocycles. The van der Waals surface area contributed by atoms with Crippen LogP contribution in [0.3, 0.4) is 0 Å². The van der Waals surface area contributed by atoms with Gasteiger partial charge in [0.05, 0.1) is 0 Å². The molecule has 0 saturated carbocycles. The highest BCUT2D eigenvalue weighted by atomic mass is 32.2. The normalized spacial score (nSPS) is 13.0. The maximum absolute atomic E-state index is 9.18. The van der Waals surface area contributed by atoms with Gasteiger partial charge < -0.3 is 10.0 Å². The van der Waals surface area contributed by atoms with Gasteiger partial charge in [-0.1, -0.05) is 19.1 Å². The van der Waals surface area contributed by atoms with Gasteiger partial charge in [-0.15, -0.1) is 11.8 Å². The van der Waals surface area contributed by atoms with Crippen LogP contribution in [-0.2, 0) is 6.54 Å². The summed E-state index contributed by atoms with van der Waals surface area (Å²) in [5, 5.41) is 9.18. The van der Waals surface area contributed by atoms with Crippen LogP contribution >= 0.6 is 11.8 Å². The van der Waals surface area contributed by atoms with Crippen molar-refractivity contribution in [2.45, 2.75) is 24.8 Å². The molecule has 0 spiro atoms. The summed E-state index contributed by atoms with van der Waals surface area (Å²) in [6.45, 7) is 4.32. The molecule has 1 atom stereocenters. The second-order valence-corrected chi connectivity index (χ2v) is 5.38. The highest BCUT2D eigenvalue weighted by Gasteiger charge is 2.08. The van der Waals surface area contributed by atoms with E-state index in [1.807, 2.05) is 0 Å². The first-order chi connectivity index (χ1) is 8.19. The van der Waals surface area contributed by atoms with Crippen LogP contribution in [-0.4, -0.2) is 36.5 Å². The van der Waals surface area contributed by atoms with E-state index in [4.69, 9.17) is 0 Å². The molecule has 1 aromatic carbocycles. The molecule has 0 amide bonds. The number of aliphatic hydroxyl groups excluding tert-OH is 1. The summed E-state index contributed by atoms with van der Waals surface area (Å²) in [6, 6.07) is 8.69. The standard InChI is InChI=1S/C14H23NOS/c1-4-12(11-16)9-15(2)10-13-5-7-14(17-3)8-6-13/h5-8,12,16H,4,9-11H2,1-3H3. The summed E-state index contributed by atoms with van der Waals surface area (Å²) in [7, 11) is 2.11. The van der Waals surface area contributed by atoms with E-state index >= 15 is 0 Å². The van der Waals surface area contributed by atoms with E-state index in [9.17, 15) is 5.11 Å². The Kier molecular flexibility index (Phi) is 6.63. The van der Waals surface area contributed by atoms with Gasteiger partial charge in [-0.2, -0.15) is 0 Å². The minimum Gasteiger partial charge on any atom is -0.396 e. The first-order valence-electron chi connectivity index (χ1n) is 6.12. The molecule has 0 aliphatic rings. The Balaban J connectivity index is 2.46. The molecule has 1 N–H and O–H groups in total. The summed E-state index contributed by atoms with van der Waals surface area (Å²) in [5.41, 5.74) is 1.33. The minimum atomic E-state index is 0.284. The molecule has 0 fully saturated rings. The van der Waals surface area contributed by atoms with Crippen molar-refractivity contribution in [2.24, 2.45) is 5.92 Å². The Labute approximate surface area is 109 Å². The number of nitrogens with zero attached hydrogens (tertiary/aromatic N) is 1. The third kappa shape index (κ3) is 5.11. The van der Waals surface area contributed by atoms with Crippen molar-refractivity contribution in [3.8, 4) is 0 Å². The highest BCUT2D eigenvalue weighted by Crippen LogP contribution is 2.16. The van der Waals surface area contributed by atoms with Crippen molar-refractivity contribution in [2.75, 3.05) is 26.5 Å². The second kappa shape index (κ2) is 7.75. The summed E-state index contributed by atoms with van der Waals surface area (Å²) in [5.74, 6) is 0.394. The molecular formula is C14H23NOS. The van der Waals surface area contributed by atoms with Crippen LogP contribution in [0, 0.1) is 5.92 Å². The van der Waals surface area contributed by atoms with Crippen LogP contribution in [0.15, 0.2) is 29.2 Å². The molecule has 1 unspecified atom stereocenters. The monoisotopic (exact) mass is 253 g/mol. The fraction of sp³-hybridized carbons (Fsp3) is 0.571. The lowest BCUT2D eigenvalue weighted by Gasteiger charge is -2.21. The van der Waals surface area contributed by atoms with Gasteiger partial charge in [0, 0.05) is 24.6 Å². The lowest BCUT2D eigenvalue weighted by Crippen LogP contribution is -2.26. The first kappa shape index (κ1) is 14.6. The average molecular weight is 253 g/mol. The van der Waals surface area contributed by atoms with Crippen LogP contribution in [0.4, 0.5) is 0 Å². The lowest BCUT2D eigenvalue weighted by atomic mass is 10.1. The minimum absolute atomic E-state index is 0.284. The maximum atomic E-state index is 9.18. The molecule has 0 aromatic heterocycles. The molecule has 1 rings (SSSR count). The van der Waals surface area contributed by atoms with Crippen molar-refractivity contribution >= 4 is 11.8 Å². The SMILES string of the molecule is CCC(CO)CN(C)Cc1ccc(SC)cc1. The molecule has 0 aliphatic carbocycles. The fourth-order valence-corrected chi connectivity index (χ4v) is 2.27. The van der Waals surface area contributed by atoms with E-state index in [2.05, 4.69) is 49.4 Å². The smallest absolute Gasteiger partial charge is 0.0471 e. The molecule has 0 saturated heterocycles. The van der Waals surface area contributed by atoms with Gasteiger partial charge in [-0.05, 0) is 43.3 Å². The van der Waals surface area contributed by atoms with Crippen molar-refractivity contribution < 1.29 is 5.11 Å². The first-order valence-corrected chi connectivity index (χ1v) is 7.34. The summed E-state index contributed by atoms with van der Waals surface area (Å²) in [6.07, 6.45) is 3.13. The van der Waals surface area contributed by atoms with Crippen LogP contribution in [0.25, 0.3) is 0 Å². The van der Waals surface area contributed by atoms with Gasteiger partial charge in [0.2, 0.25) is 0 Å². The van der Waals surface area contributed by atoms with Crippen LogP contribution in [0.5, 0.6) is 0 Å². The number of hydrogen-bond acceptors (Lipinski definition) is 3. The number of aliphatic hydroxyl groups is 1. The number of benzene rings is 1. The largest absolute Gasteiger partial charge is 0.396 e. The molecule has 17 heavy (non-hydrogen) atoms. The third-order valence-electron chi connectivity index (χ3n) is 3.02. The molecule has 0 aliphatic heterocycles. The Morgan fingerprint density at radius 3 is 2.41 bits per heavy atom. The Bertz CT molecular complexity index is 309. The van der Waals surface area contributed by atoms with E-state index in [-0.39, 0.29) is 6.61 Å². The summed E-state index contributed by atoms with van der Waals surface area (Å²) < 4.78 is 0. The van der Waals surface area contributed by atoms with Gasteiger partial charge in [0.25, 0.3) is 0 Å². The average Bonchev–Trinajstić information content (AvgIpc) is 2.37. The molecule has 2 nitrogen and oxygen atoms in total. The lowest BCUT2D eigenvalue weighted by molar-refractivity contribution is 0.173. The quantitative estimate of drug-likeness (QED) is 0.756. The molecule has 1 aromatic rings. The predicted molar refractivity (Wildman–Crippen MR) is 75.4 cm³/mol. The maximum Gasteiger partial charge on any atom is 0.0471 e. The fourth-order valence-electron chi connectivity index (χ4n) is 1.86. The molecule has 0 bridgehead atoms. The number of hydrogen-bond donors (Lipinski definition) is 1. The summed E-state index contributed by atoms with van der Waals surface area (Å²) in [4.78, 5) is 3.58. The van der Waals surface area contributed by atoms with E-state index in [0.717, 1.165) is 19.5 Å². The van der Waals surface area contributed by atoms with E-state index in [1.54, 1.807) is 11.8 Å². The zero-order valence-corrected chi connectivity index (χ0v) is 11.8. The Hall–Kier alpha value is -0.510. The third-order valence-corrected chi connectivity index (χ3v) is 3.76. The van der Waals surface area contributed by atoms with Gasteiger partial charge in [0.1, 0.15) is 0 Å². The van der Waals surface area contributed by atoms with Crippen molar-refractivity contribution in [3.05, 3.63) is 29.8 Å². The number of rotatable bonds is 7. The zero-order valence-electron chi connectivity index (χ0n) is 11.0. The predicted octanol–water partition coefficient (Wildman–Crippen LogP) is 2.86. The van der Waals surface area contributed by atoms with Gasteiger partial charge in [-0.25, -0.2) is 0 Å². The zero-order chi connectivity index (χ0) is 12.7. The highest BCUT2D eigenvalue weighted by molar-refractivity contribution is 7.98. The van der Waals surface area contributed by atoms with Gasteiger partial charge in [0.15, 0.2) is 0 Å². The van der Waals surface area contributed by atoms with E-state index in [1.165, 1.54) is 10.5 Å². The topological polar surface area (TPSA) is 23.5 Å². The van der Waals surface area contributed by atoms with Crippen LogP contribution in [0.1, 0.15) is 18.9 Å². The van der Waals surface area contributed by atoms with Crippen LogP contribution in [0.2, 0.25) is 0 Å². The van der Waals surface area contributed by atoms with Crippen molar-refractivity contribution in [1.29, 1.82) is 0 Å². The Morgan fingerprint density at radius 1 is 1.29 bits per heavy atom. The Morgan fingerprint density at radius 2 is 1.94 bits per heavy atom. The second-order valence-electron chi connectivity index (χ2n) is 4.50. The number of thioether (sulfide) groups is 1. The van der Waals surface area contributed by atoms with E-state index < -0.39 is 0 Å². The molecule has 3 heteroatoms. The molecule has 96 valence electrons. The van der Waals surface area contributed by atoms with E-state index in [0.29, 0.717) is 5.92 Å². The molecule has 0 radical (unpaired) electrons. The molecular weight excluding hydrogens is 230 g/mol. The van der Waals surface area contributed by atoms with Gasteiger partial charge >= 0.3 is 0 Å². The van der Waals surface area contributed by atoms with Gasteiger partial charge in [-0.3, -0.25) is 0 Å². The summed E-state index contributed by atoms with van der Waals surface area (Å²) >= 11 is 1.77. The van der Waals surface area contributed by atoms with Crippen molar-refractivity contribution in [1.82, 2.24) is 4.90 Å². The van der Waals surface area contributed by atoms with Crippen molar-refractivity contribution in [3.63, 3.8) is 0 Å².